The summed E-state index contributed by atoms with van der Waals surface area (Å²) in [5.74, 6) is 0. The number of hydrogen-bond donors (Lipinski definition) is 0. The third kappa shape index (κ3) is 3.87. The highest BCUT2D eigenvalue weighted by Gasteiger charge is 2.46. The Kier molecular flexibility index (Phi) is 5.11. The molecule has 0 saturated carbocycles. The summed E-state index contributed by atoms with van der Waals surface area (Å²) < 4.78 is 1.15. The largest absolute Gasteiger partial charge is 0.316 e. The normalized spacial score (nSPS) is 19.2. The molecule has 3 heteroatoms. The van der Waals surface area contributed by atoms with Crippen molar-refractivity contribution in [1.82, 2.24) is 4.90 Å². The molecule has 0 amide bonds. The van der Waals surface area contributed by atoms with E-state index in [-0.39, 0.29) is 10.8 Å². The number of rotatable bonds is 3. The lowest BCUT2D eigenvalue weighted by Crippen LogP contribution is -2.47. The van der Waals surface area contributed by atoms with Crippen molar-refractivity contribution in [2.45, 2.75) is 40.2 Å². The van der Waals surface area contributed by atoms with Gasteiger partial charge in [0.05, 0.1) is 0 Å². The van der Waals surface area contributed by atoms with E-state index in [4.69, 9.17) is 6.57 Å². The number of hydrogen-bond acceptors (Lipinski definition) is 1. The van der Waals surface area contributed by atoms with Gasteiger partial charge in [0, 0.05) is 16.4 Å². The molecule has 2 nitrogen and oxygen atoms in total. The van der Waals surface area contributed by atoms with Gasteiger partial charge in [-0.2, -0.15) is 0 Å². The highest BCUT2D eigenvalue weighted by Crippen LogP contribution is 2.47. The molecule has 0 aromatic heterocycles. The standard InChI is InChI=1S/C18H25BrN2/c1-17(2,3)18(14-20-4)8-10-21(11-9-18)13-15-6-5-7-16(19)12-15/h5-7,12H,8-11,13-14H2,1-3H3. The third-order valence-corrected chi connectivity index (χ3v) is 5.57. The Morgan fingerprint density at radius 2 is 1.95 bits per heavy atom. The number of nitrogens with zero attached hydrogens (tertiary/aromatic N) is 2. The van der Waals surface area contributed by atoms with Crippen LogP contribution in [0.2, 0.25) is 0 Å². The van der Waals surface area contributed by atoms with Crippen molar-refractivity contribution in [3.05, 3.63) is 45.7 Å². The maximum absolute atomic E-state index is 7.30. The topological polar surface area (TPSA) is 7.60 Å². The van der Waals surface area contributed by atoms with Crippen LogP contribution in [0.4, 0.5) is 0 Å². The average Bonchev–Trinajstić information content (AvgIpc) is 2.40. The van der Waals surface area contributed by atoms with E-state index < -0.39 is 0 Å². The zero-order valence-corrected chi connectivity index (χ0v) is 14.9. The van der Waals surface area contributed by atoms with E-state index in [1.54, 1.807) is 0 Å². The molecule has 0 bridgehead atoms. The first kappa shape index (κ1) is 16.5. The molecule has 1 aliphatic heterocycles. The maximum Gasteiger partial charge on any atom is 0.220 e. The number of likely N-dealkylation sites (tertiary alicyclic amines) is 1. The van der Waals surface area contributed by atoms with Gasteiger partial charge in [0.25, 0.3) is 0 Å². The Hall–Kier alpha value is -0.850. The monoisotopic (exact) mass is 348 g/mol. The molecule has 1 aromatic rings. The van der Waals surface area contributed by atoms with Crippen LogP contribution in [0.25, 0.3) is 4.85 Å². The second-order valence-electron chi connectivity index (χ2n) is 7.25. The highest BCUT2D eigenvalue weighted by molar-refractivity contribution is 9.10. The molecule has 1 saturated heterocycles. The van der Waals surface area contributed by atoms with Gasteiger partial charge in [-0.15, -0.1) is 0 Å². The molecular formula is C18H25BrN2. The van der Waals surface area contributed by atoms with E-state index in [2.05, 4.69) is 70.7 Å². The Morgan fingerprint density at radius 3 is 2.48 bits per heavy atom. The number of benzene rings is 1. The van der Waals surface area contributed by atoms with Crippen molar-refractivity contribution in [2.75, 3.05) is 19.6 Å². The van der Waals surface area contributed by atoms with Gasteiger partial charge >= 0.3 is 0 Å². The van der Waals surface area contributed by atoms with Gasteiger partial charge in [-0.3, -0.25) is 4.90 Å². The van der Waals surface area contributed by atoms with Crippen molar-refractivity contribution in [1.29, 1.82) is 0 Å². The Morgan fingerprint density at radius 1 is 1.29 bits per heavy atom. The van der Waals surface area contributed by atoms with Gasteiger partial charge in [0.1, 0.15) is 0 Å². The van der Waals surface area contributed by atoms with E-state index in [0.717, 1.165) is 36.9 Å². The molecule has 2 rings (SSSR count). The summed E-state index contributed by atoms with van der Waals surface area (Å²) in [7, 11) is 0. The lowest BCUT2D eigenvalue weighted by atomic mass is 9.61. The van der Waals surface area contributed by atoms with Crippen molar-refractivity contribution in [2.24, 2.45) is 10.8 Å². The van der Waals surface area contributed by atoms with E-state index in [1.807, 2.05) is 0 Å². The molecule has 0 spiro atoms. The van der Waals surface area contributed by atoms with Crippen LogP contribution in [0.1, 0.15) is 39.2 Å². The molecule has 1 heterocycles. The first-order valence-electron chi connectivity index (χ1n) is 7.66. The van der Waals surface area contributed by atoms with Crippen molar-refractivity contribution in [3.63, 3.8) is 0 Å². The minimum Gasteiger partial charge on any atom is -0.316 e. The minimum atomic E-state index is 0.183. The van der Waals surface area contributed by atoms with E-state index in [9.17, 15) is 0 Å². The third-order valence-electron chi connectivity index (χ3n) is 5.08. The van der Waals surface area contributed by atoms with Crippen molar-refractivity contribution in [3.8, 4) is 0 Å². The molecular weight excluding hydrogens is 324 g/mol. The Balaban J connectivity index is 2.01. The van der Waals surface area contributed by atoms with Crippen LogP contribution in [0.15, 0.2) is 28.7 Å². The summed E-state index contributed by atoms with van der Waals surface area (Å²) in [5, 5.41) is 0. The Bertz CT molecular complexity index is 517. The molecule has 0 radical (unpaired) electrons. The SMILES string of the molecule is [C-]#[N+]CC1(C(C)(C)C)CCN(Cc2cccc(Br)c2)CC1. The molecule has 0 N–H and O–H groups in total. The lowest BCUT2D eigenvalue weighted by molar-refractivity contribution is 0.0173. The fraction of sp³-hybridized carbons (Fsp3) is 0.611. The van der Waals surface area contributed by atoms with Crippen LogP contribution in [0, 0.1) is 17.4 Å². The Labute approximate surface area is 137 Å². The second-order valence-corrected chi connectivity index (χ2v) is 8.17. The first-order chi connectivity index (χ1) is 9.86. The molecule has 0 unspecified atom stereocenters. The predicted octanol–water partition coefficient (Wildman–Crippen LogP) is 5.00. The molecule has 1 aliphatic rings. The van der Waals surface area contributed by atoms with Crippen LogP contribution in [0.3, 0.4) is 0 Å². The molecule has 21 heavy (non-hydrogen) atoms. The van der Waals surface area contributed by atoms with Gasteiger partial charge in [-0.05, 0) is 49.0 Å². The van der Waals surface area contributed by atoms with Gasteiger partial charge in [-0.25, -0.2) is 6.57 Å². The summed E-state index contributed by atoms with van der Waals surface area (Å²) in [6, 6.07) is 8.56. The zero-order chi connectivity index (χ0) is 15.5. The van der Waals surface area contributed by atoms with E-state index >= 15 is 0 Å². The fourth-order valence-corrected chi connectivity index (χ4v) is 3.78. The fourth-order valence-electron chi connectivity index (χ4n) is 3.33. The summed E-state index contributed by atoms with van der Waals surface area (Å²) in [5.41, 5.74) is 1.75. The molecule has 1 aromatic carbocycles. The summed E-state index contributed by atoms with van der Waals surface area (Å²) in [4.78, 5) is 6.27. The summed E-state index contributed by atoms with van der Waals surface area (Å²) >= 11 is 3.54. The summed E-state index contributed by atoms with van der Waals surface area (Å²) in [6.07, 6.45) is 2.26. The van der Waals surface area contributed by atoms with Gasteiger partial charge < -0.3 is 4.85 Å². The predicted molar refractivity (Wildman–Crippen MR) is 92.0 cm³/mol. The van der Waals surface area contributed by atoms with Crippen LogP contribution >= 0.6 is 15.9 Å². The molecule has 1 fully saturated rings. The quantitative estimate of drug-likeness (QED) is 0.697. The molecule has 0 aliphatic carbocycles. The summed E-state index contributed by atoms with van der Waals surface area (Å²) in [6.45, 7) is 18.1. The first-order valence-corrected chi connectivity index (χ1v) is 8.46. The van der Waals surface area contributed by atoms with Crippen LogP contribution in [-0.4, -0.2) is 24.5 Å². The van der Waals surface area contributed by atoms with Crippen LogP contribution in [-0.2, 0) is 6.54 Å². The second kappa shape index (κ2) is 6.50. The van der Waals surface area contributed by atoms with Gasteiger partial charge in [-0.1, -0.05) is 48.8 Å². The highest BCUT2D eigenvalue weighted by atomic mass is 79.9. The minimum absolute atomic E-state index is 0.183. The van der Waals surface area contributed by atoms with E-state index in [1.165, 1.54) is 5.56 Å². The lowest BCUT2D eigenvalue weighted by Gasteiger charge is -2.46. The maximum atomic E-state index is 7.30. The smallest absolute Gasteiger partial charge is 0.220 e. The van der Waals surface area contributed by atoms with Gasteiger partial charge in [0.15, 0.2) is 0 Å². The van der Waals surface area contributed by atoms with Crippen LogP contribution < -0.4 is 0 Å². The molecule has 114 valence electrons. The van der Waals surface area contributed by atoms with E-state index in [0.29, 0.717) is 6.54 Å². The van der Waals surface area contributed by atoms with Crippen LogP contribution in [0.5, 0.6) is 0 Å². The molecule has 0 atom stereocenters. The number of halogens is 1. The number of piperidine rings is 1. The van der Waals surface area contributed by atoms with Crippen molar-refractivity contribution >= 4 is 15.9 Å². The van der Waals surface area contributed by atoms with Gasteiger partial charge in [0.2, 0.25) is 6.54 Å². The zero-order valence-electron chi connectivity index (χ0n) is 13.3. The van der Waals surface area contributed by atoms with Crippen molar-refractivity contribution < 1.29 is 0 Å². The average molecular weight is 349 g/mol.